The number of hydrogen-bond donors (Lipinski definition) is 2. The Morgan fingerprint density at radius 1 is 1.62 bits per heavy atom. The van der Waals surface area contributed by atoms with Gasteiger partial charge in [0.05, 0.1) is 5.82 Å². The molecular formula is C11H22N2. The summed E-state index contributed by atoms with van der Waals surface area (Å²) < 4.78 is 0. The average molecular weight is 182 g/mol. The maximum Gasteiger partial charge on any atom is 0.0890 e. The summed E-state index contributed by atoms with van der Waals surface area (Å²) in [5.41, 5.74) is 5.62. The molecule has 0 heterocycles. The van der Waals surface area contributed by atoms with Crippen LogP contribution >= 0.6 is 0 Å². The van der Waals surface area contributed by atoms with Gasteiger partial charge in [-0.05, 0) is 32.6 Å². The lowest BCUT2D eigenvalue weighted by Crippen LogP contribution is -2.42. The standard InChI is InChI=1S/C11H22N2/c1-5-7-8-9-11(4,6-2)13-10(3)12/h5,13H,1,3,6-9,12H2,2,4H3. The molecule has 0 aliphatic rings. The van der Waals surface area contributed by atoms with E-state index in [0.29, 0.717) is 5.82 Å². The third kappa shape index (κ3) is 5.34. The Morgan fingerprint density at radius 3 is 2.62 bits per heavy atom. The maximum atomic E-state index is 5.53. The first-order valence-electron chi connectivity index (χ1n) is 4.87. The molecule has 1 atom stereocenters. The molecule has 13 heavy (non-hydrogen) atoms. The molecule has 0 amide bonds. The quantitative estimate of drug-likeness (QED) is 0.469. The Kier molecular flexibility index (Phi) is 5.28. The predicted octanol–water partition coefficient (Wildman–Crippen LogP) is 2.53. The van der Waals surface area contributed by atoms with E-state index in [1.54, 1.807) is 0 Å². The molecule has 1 unspecified atom stereocenters. The minimum Gasteiger partial charge on any atom is -0.386 e. The highest BCUT2D eigenvalue weighted by molar-refractivity contribution is 4.94. The molecule has 0 bridgehead atoms. The number of rotatable bonds is 7. The Labute approximate surface area is 81.9 Å². The first-order chi connectivity index (χ1) is 6.04. The first kappa shape index (κ1) is 12.1. The van der Waals surface area contributed by atoms with E-state index >= 15 is 0 Å². The van der Waals surface area contributed by atoms with Gasteiger partial charge in [0.1, 0.15) is 0 Å². The molecule has 76 valence electrons. The smallest absolute Gasteiger partial charge is 0.0890 e. The van der Waals surface area contributed by atoms with Crippen LogP contribution in [0.15, 0.2) is 25.1 Å². The van der Waals surface area contributed by atoms with Crippen molar-refractivity contribution in [2.24, 2.45) is 5.73 Å². The molecule has 2 heteroatoms. The van der Waals surface area contributed by atoms with Crippen LogP contribution in [0.4, 0.5) is 0 Å². The fraction of sp³-hybridized carbons (Fsp3) is 0.636. The second-order valence-electron chi connectivity index (χ2n) is 3.75. The molecule has 0 radical (unpaired) electrons. The van der Waals surface area contributed by atoms with Gasteiger partial charge < -0.3 is 11.1 Å². The molecule has 3 N–H and O–H groups in total. The van der Waals surface area contributed by atoms with E-state index < -0.39 is 0 Å². The highest BCUT2D eigenvalue weighted by atomic mass is 15.0. The van der Waals surface area contributed by atoms with Gasteiger partial charge in [0.2, 0.25) is 0 Å². The Bertz CT molecular complexity index is 175. The van der Waals surface area contributed by atoms with Gasteiger partial charge in [0, 0.05) is 5.54 Å². The van der Waals surface area contributed by atoms with Crippen LogP contribution < -0.4 is 11.1 Å². The topological polar surface area (TPSA) is 38.0 Å². The lowest BCUT2D eigenvalue weighted by atomic mass is 9.92. The minimum atomic E-state index is 0.0921. The van der Waals surface area contributed by atoms with E-state index in [4.69, 9.17) is 5.73 Å². The van der Waals surface area contributed by atoms with Gasteiger partial charge in [-0.15, -0.1) is 6.58 Å². The summed E-state index contributed by atoms with van der Waals surface area (Å²) in [6.07, 6.45) is 6.32. The molecule has 0 aliphatic carbocycles. The molecule has 0 aromatic heterocycles. The molecule has 0 rings (SSSR count). The summed E-state index contributed by atoms with van der Waals surface area (Å²) in [4.78, 5) is 0. The molecule has 2 nitrogen and oxygen atoms in total. The zero-order chi connectivity index (χ0) is 10.3. The van der Waals surface area contributed by atoms with Crippen molar-refractivity contribution in [2.45, 2.75) is 45.1 Å². The van der Waals surface area contributed by atoms with Gasteiger partial charge in [-0.25, -0.2) is 0 Å². The van der Waals surface area contributed by atoms with Crippen molar-refractivity contribution >= 4 is 0 Å². The zero-order valence-corrected chi connectivity index (χ0v) is 8.90. The van der Waals surface area contributed by atoms with Crippen molar-refractivity contribution in [3.05, 3.63) is 25.1 Å². The van der Waals surface area contributed by atoms with E-state index in [-0.39, 0.29) is 5.54 Å². The van der Waals surface area contributed by atoms with Crippen LogP contribution in [0.2, 0.25) is 0 Å². The highest BCUT2D eigenvalue weighted by Gasteiger charge is 2.20. The second kappa shape index (κ2) is 5.68. The van der Waals surface area contributed by atoms with Gasteiger partial charge in [-0.3, -0.25) is 0 Å². The summed E-state index contributed by atoms with van der Waals surface area (Å²) in [5, 5.41) is 3.21. The molecule has 0 fully saturated rings. The largest absolute Gasteiger partial charge is 0.386 e. The second-order valence-corrected chi connectivity index (χ2v) is 3.75. The number of nitrogens with two attached hydrogens (primary N) is 1. The molecule has 0 aromatic rings. The number of unbranched alkanes of at least 4 members (excludes halogenated alkanes) is 1. The summed E-state index contributed by atoms with van der Waals surface area (Å²) >= 11 is 0. The third-order valence-corrected chi connectivity index (χ3v) is 2.38. The molecule has 0 aliphatic heterocycles. The van der Waals surface area contributed by atoms with Gasteiger partial charge in [-0.2, -0.15) is 0 Å². The van der Waals surface area contributed by atoms with Crippen LogP contribution in [0.5, 0.6) is 0 Å². The number of hydrogen-bond acceptors (Lipinski definition) is 2. The van der Waals surface area contributed by atoms with Crippen molar-refractivity contribution in [1.82, 2.24) is 5.32 Å². The lowest BCUT2D eigenvalue weighted by Gasteiger charge is -2.30. The van der Waals surface area contributed by atoms with Gasteiger partial charge in [0.25, 0.3) is 0 Å². The zero-order valence-electron chi connectivity index (χ0n) is 8.90. The van der Waals surface area contributed by atoms with Crippen molar-refractivity contribution < 1.29 is 0 Å². The van der Waals surface area contributed by atoms with Crippen molar-refractivity contribution in [2.75, 3.05) is 0 Å². The van der Waals surface area contributed by atoms with Gasteiger partial charge in [-0.1, -0.05) is 19.6 Å². The van der Waals surface area contributed by atoms with Crippen LogP contribution in [-0.2, 0) is 0 Å². The Balaban J connectivity index is 3.95. The van der Waals surface area contributed by atoms with Gasteiger partial charge in [0.15, 0.2) is 0 Å². The summed E-state index contributed by atoms with van der Waals surface area (Å²) in [7, 11) is 0. The van der Waals surface area contributed by atoms with Crippen LogP contribution in [0.1, 0.15) is 39.5 Å². The maximum absolute atomic E-state index is 5.53. The lowest BCUT2D eigenvalue weighted by molar-refractivity contribution is 0.340. The van der Waals surface area contributed by atoms with Crippen LogP contribution in [-0.4, -0.2) is 5.54 Å². The van der Waals surface area contributed by atoms with Crippen LogP contribution in [0, 0.1) is 0 Å². The van der Waals surface area contributed by atoms with E-state index in [9.17, 15) is 0 Å². The minimum absolute atomic E-state index is 0.0921. The fourth-order valence-corrected chi connectivity index (χ4v) is 1.35. The van der Waals surface area contributed by atoms with Crippen LogP contribution in [0.3, 0.4) is 0 Å². The Morgan fingerprint density at radius 2 is 2.23 bits per heavy atom. The van der Waals surface area contributed by atoms with Crippen LogP contribution in [0.25, 0.3) is 0 Å². The van der Waals surface area contributed by atoms with Gasteiger partial charge >= 0.3 is 0 Å². The van der Waals surface area contributed by atoms with Crippen molar-refractivity contribution in [3.63, 3.8) is 0 Å². The molecule has 0 saturated heterocycles. The number of nitrogens with one attached hydrogen (secondary N) is 1. The molecular weight excluding hydrogens is 160 g/mol. The Hall–Kier alpha value is -0.920. The number of allylic oxidation sites excluding steroid dienone is 1. The summed E-state index contributed by atoms with van der Waals surface area (Å²) in [6, 6.07) is 0. The summed E-state index contributed by atoms with van der Waals surface area (Å²) in [6.45, 7) is 11.7. The monoisotopic (exact) mass is 182 g/mol. The molecule has 0 saturated carbocycles. The SMILES string of the molecule is C=CCCCC(C)(CC)NC(=C)N. The van der Waals surface area contributed by atoms with E-state index in [2.05, 4.69) is 32.3 Å². The van der Waals surface area contributed by atoms with E-state index in [1.165, 1.54) is 0 Å². The normalized spacial score (nSPS) is 14.6. The highest BCUT2D eigenvalue weighted by Crippen LogP contribution is 2.18. The van der Waals surface area contributed by atoms with Crippen molar-refractivity contribution in [1.29, 1.82) is 0 Å². The fourth-order valence-electron chi connectivity index (χ4n) is 1.35. The average Bonchev–Trinajstić information content (AvgIpc) is 2.04. The molecule has 0 spiro atoms. The van der Waals surface area contributed by atoms with Crippen molar-refractivity contribution in [3.8, 4) is 0 Å². The first-order valence-corrected chi connectivity index (χ1v) is 4.87. The third-order valence-electron chi connectivity index (χ3n) is 2.38. The summed E-state index contributed by atoms with van der Waals surface area (Å²) in [5.74, 6) is 0.558. The predicted molar refractivity (Wildman–Crippen MR) is 59.2 cm³/mol. The van der Waals surface area contributed by atoms with E-state index in [0.717, 1.165) is 25.7 Å². The van der Waals surface area contributed by atoms with E-state index in [1.807, 2.05) is 6.08 Å². The molecule has 0 aromatic carbocycles.